The normalized spacial score (nSPS) is 12.4. The molecule has 0 aliphatic rings. The molecule has 0 aromatic heterocycles. The van der Waals surface area contributed by atoms with E-state index in [0.717, 1.165) is 0 Å². The first-order chi connectivity index (χ1) is 7.47. The molecule has 0 atom stereocenters. The lowest BCUT2D eigenvalue weighted by Gasteiger charge is -2.28. The predicted molar refractivity (Wildman–Crippen MR) is 56.8 cm³/mol. The minimum Gasteiger partial charge on any atom is -0.368 e. The zero-order valence-corrected chi connectivity index (χ0v) is 10.3. The van der Waals surface area contributed by atoms with Crippen molar-refractivity contribution in [3.05, 3.63) is 10.4 Å². The highest BCUT2D eigenvalue weighted by Crippen LogP contribution is 2.69. The lowest BCUT2D eigenvalue weighted by Crippen LogP contribution is -2.29. The minimum atomic E-state index is -5.30. The van der Waals surface area contributed by atoms with E-state index in [0.29, 0.717) is 0 Å². The summed E-state index contributed by atoms with van der Waals surface area (Å²) >= 11 is 0. The molecule has 0 amide bonds. The van der Waals surface area contributed by atoms with Crippen LogP contribution in [0.4, 0.5) is 0 Å². The van der Waals surface area contributed by atoms with Gasteiger partial charge in [-0.2, -0.15) is 0 Å². The highest BCUT2D eigenvalue weighted by Gasteiger charge is 2.58. The molecule has 102 valence electrons. The summed E-state index contributed by atoms with van der Waals surface area (Å²) in [4.78, 5) is 36.3. The molecule has 8 N–H and O–H groups in total. The van der Waals surface area contributed by atoms with Gasteiger partial charge in [-0.3, -0.25) is 9.13 Å². The van der Waals surface area contributed by atoms with E-state index >= 15 is 0 Å². The third-order valence-electron chi connectivity index (χ3n) is 1.65. The van der Waals surface area contributed by atoms with Crippen LogP contribution in [0.3, 0.4) is 0 Å². The maximum atomic E-state index is 10.7. The third-order valence-corrected chi connectivity index (χ3v) is 5.53. The summed E-state index contributed by atoms with van der Waals surface area (Å²) in [7, 11) is -10.6. The Morgan fingerprint density at radius 3 is 1.71 bits per heavy atom. The van der Waals surface area contributed by atoms with Crippen molar-refractivity contribution >= 4 is 15.2 Å². The lowest BCUT2D eigenvalue weighted by molar-refractivity contribution is 0.121. The van der Waals surface area contributed by atoms with Gasteiger partial charge >= 0.3 is 15.2 Å². The van der Waals surface area contributed by atoms with Gasteiger partial charge in [-0.15, -0.1) is 5.53 Å². The smallest absolute Gasteiger partial charge is 0.368 e. The van der Waals surface area contributed by atoms with E-state index in [2.05, 4.69) is 0 Å². The maximum absolute atomic E-state index is 10.7. The molecule has 0 aliphatic carbocycles. The van der Waals surface area contributed by atoms with Gasteiger partial charge in [0, 0.05) is 6.42 Å². The lowest BCUT2D eigenvalue weighted by atomic mass is 10.3. The molecule has 0 saturated carbocycles. The van der Waals surface area contributed by atoms with E-state index in [-0.39, 0.29) is 13.0 Å². The highest BCUT2D eigenvalue weighted by molar-refractivity contribution is 7.72. The SMILES string of the molecule is NCCCC(O)(P(=O)(O)O)P(=O)(O)O.[N-]=[N+]=N. The van der Waals surface area contributed by atoms with Crippen LogP contribution in [-0.4, -0.2) is 36.3 Å². The Morgan fingerprint density at radius 2 is 1.53 bits per heavy atom. The first-order valence-electron chi connectivity index (χ1n) is 4.02. The van der Waals surface area contributed by atoms with E-state index < -0.39 is 26.7 Å². The van der Waals surface area contributed by atoms with Crippen molar-refractivity contribution in [2.24, 2.45) is 5.73 Å². The number of nitrogens with two attached hydrogens (primary N) is 1. The zero-order chi connectivity index (χ0) is 14.3. The van der Waals surface area contributed by atoms with E-state index in [4.69, 9.17) is 36.4 Å². The molecular weight excluding hydrogens is 278 g/mol. The van der Waals surface area contributed by atoms with Gasteiger partial charge in [0.25, 0.3) is 5.08 Å². The van der Waals surface area contributed by atoms with Crippen LogP contribution in [0, 0.1) is 5.53 Å². The largest absolute Gasteiger partial charge is 0.369 e. The average Bonchev–Trinajstić information content (AvgIpc) is 2.11. The Kier molecular flexibility index (Phi) is 7.86. The molecular formula is C4H14N4O7P2. The molecule has 13 heteroatoms. The van der Waals surface area contributed by atoms with Crippen LogP contribution < -0.4 is 5.73 Å². The molecule has 0 saturated heterocycles. The van der Waals surface area contributed by atoms with Crippen molar-refractivity contribution < 1.29 is 33.8 Å². The van der Waals surface area contributed by atoms with Gasteiger partial charge in [0.05, 0.1) is 0 Å². The molecule has 0 unspecified atom stereocenters. The molecule has 0 heterocycles. The fourth-order valence-electron chi connectivity index (χ4n) is 0.800. The van der Waals surface area contributed by atoms with Gasteiger partial charge in [-0.05, 0) is 23.4 Å². The van der Waals surface area contributed by atoms with Gasteiger partial charge in [0.2, 0.25) is 0 Å². The quantitative estimate of drug-likeness (QED) is 0.152. The first kappa shape index (κ1) is 18.9. The summed E-state index contributed by atoms with van der Waals surface area (Å²) in [5.41, 5.74) is 17.3. The first-order valence-corrected chi connectivity index (χ1v) is 7.25. The van der Waals surface area contributed by atoms with E-state index in [9.17, 15) is 14.2 Å². The zero-order valence-electron chi connectivity index (χ0n) is 8.54. The molecule has 0 bridgehead atoms. The number of hydrogen-bond acceptors (Lipinski definition) is 5. The van der Waals surface area contributed by atoms with Gasteiger partial charge in [-0.25, -0.2) is 0 Å². The average molecular weight is 292 g/mol. The molecule has 0 aromatic rings. The van der Waals surface area contributed by atoms with Crippen molar-refractivity contribution in [2.45, 2.75) is 17.9 Å². The van der Waals surface area contributed by atoms with Crippen molar-refractivity contribution in [3.8, 4) is 0 Å². The van der Waals surface area contributed by atoms with Gasteiger partial charge in [-0.1, -0.05) is 0 Å². The third kappa shape index (κ3) is 5.60. The molecule has 0 fully saturated rings. The summed E-state index contributed by atoms with van der Waals surface area (Å²) in [5.74, 6) is 0. The Bertz CT molecular complexity index is 333. The monoisotopic (exact) mass is 292 g/mol. The van der Waals surface area contributed by atoms with Crippen molar-refractivity contribution in [3.63, 3.8) is 0 Å². The number of hydrogen-bond donors (Lipinski definition) is 7. The van der Waals surface area contributed by atoms with Crippen LogP contribution in [0.1, 0.15) is 12.8 Å². The number of rotatable bonds is 5. The van der Waals surface area contributed by atoms with E-state index in [1.807, 2.05) is 0 Å². The van der Waals surface area contributed by atoms with Crippen molar-refractivity contribution in [1.29, 1.82) is 5.53 Å². The van der Waals surface area contributed by atoms with Crippen LogP contribution in [0.2, 0.25) is 0 Å². The molecule has 0 rings (SSSR count). The van der Waals surface area contributed by atoms with Gasteiger partial charge in [0.15, 0.2) is 0 Å². The van der Waals surface area contributed by atoms with E-state index in [1.165, 1.54) is 0 Å². The van der Waals surface area contributed by atoms with Crippen LogP contribution in [0.5, 0.6) is 0 Å². The van der Waals surface area contributed by atoms with Crippen LogP contribution >= 0.6 is 15.2 Å². The van der Waals surface area contributed by atoms with Crippen molar-refractivity contribution in [2.75, 3.05) is 6.54 Å². The molecule has 0 spiro atoms. The minimum absolute atomic E-state index is 0.0394. The van der Waals surface area contributed by atoms with Crippen LogP contribution in [0.15, 0.2) is 0 Å². The Labute approximate surface area is 96.0 Å². The second-order valence-corrected chi connectivity index (χ2v) is 6.86. The molecule has 0 radical (unpaired) electrons. The van der Waals surface area contributed by atoms with Crippen LogP contribution in [-0.2, 0) is 9.13 Å². The summed E-state index contributed by atoms with van der Waals surface area (Å²) in [6, 6.07) is 0. The highest BCUT2D eigenvalue weighted by atomic mass is 31.2. The Balaban J connectivity index is 0. The fraction of sp³-hybridized carbons (Fsp3) is 1.00. The Hall–Kier alpha value is -0.470. The number of aliphatic hydroxyl groups is 1. The summed E-state index contributed by atoms with van der Waals surface area (Å²) < 4.78 is 21.4. The molecule has 17 heavy (non-hydrogen) atoms. The number of nitrogens with one attached hydrogen (secondary N) is 1. The van der Waals surface area contributed by atoms with E-state index in [1.54, 1.807) is 4.91 Å². The second kappa shape index (κ2) is 7.07. The molecule has 0 aromatic carbocycles. The maximum Gasteiger partial charge on any atom is 0.369 e. The molecule has 11 nitrogen and oxygen atoms in total. The van der Waals surface area contributed by atoms with Crippen LogP contribution in [0.25, 0.3) is 10.4 Å². The fourth-order valence-corrected chi connectivity index (χ4v) is 3.06. The van der Waals surface area contributed by atoms with Gasteiger partial charge < -0.3 is 30.4 Å². The van der Waals surface area contributed by atoms with Gasteiger partial charge in [0.1, 0.15) is 0 Å². The standard InChI is InChI=1S/C4H13NO7P2.HN3/c5-3-1-2-4(6,13(7,8)9)14(10,11)12;1-3-2/h6H,1-3,5H2,(H2,7,8,9)(H2,10,11,12);1H. The summed E-state index contributed by atoms with van der Waals surface area (Å²) in [6.45, 7) is -0.0394. The topological polar surface area (TPSA) is 222 Å². The number of nitrogens with zero attached hydrogens (tertiary/aromatic N) is 2. The Morgan fingerprint density at radius 1 is 1.24 bits per heavy atom. The summed E-state index contributed by atoms with van der Waals surface area (Å²) in [5, 5.41) is 5.91. The molecule has 0 aliphatic heterocycles. The van der Waals surface area contributed by atoms with Crippen molar-refractivity contribution in [1.82, 2.24) is 0 Å². The summed E-state index contributed by atoms with van der Waals surface area (Å²) in [6.07, 6.45) is -0.856. The second-order valence-electron chi connectivity index (χ2n) is 2.85. The predicted octanol–water partition coefficient (Wildman–Crippen LogP) is -0.398.